The first-order chi connectivity index (χ1) is 10.2. The molecule has 1 unspecified atom stereocenters. The van der Waals surface area contributed by atoms with Crippen molar-refractivity contribution in [2.45, 2.75) is 38.6 Å². The molecule has 2 heterocycles. The summed E-state index contributed by atoms with van der Waals surface area (Å²) in [4.78, 5) is 13.5. The number of aliphatic carboxylic acids is 1. The van der Waals surface area contributed by atoms with Gasteiger partial charge in [-0.2, -0.15) is 0 Å². The van der Waals surface area contributed by atoms with Crippen molar-refractivity contribution in [1.82, 2.24) is 10.3 Å². The highest BCUT2D eigenvalue weighted by Gasteiger charge is 2.13. The average Bonchev–Trinajstić information content (AvgIpc) is 2.75. The van der Waals surface area contributed by atoms with Gasteiger partial charge in [0.1, 0.15) is 0 Å². The van der Waals surface area contributed by atoms with E-state index in [0.29, 0.717) is 6.04 Å². The molecule has 0 radical (unpaired) electrons. The van der Waals surface area contributed by atoms with Crippen molar-refractivity contribution >= 4 is 16.9 Å². The normalized spacial score (nSPS) is 18.4. The molecule has 1 aromatic carbocycles. The molecule has 21 heavy (non-hydrogen) atoms. The number of carboxylic acid groups (broad SMARTS) is 1. The molecule has 1 aliphatic heterocycles. The van der Waals surface area contributed by atoms with Crippen LogP contribution in [0.3, 0.4) is 0 Å². The smallest absolute Gasteiger partial charge is 0.300 e. The van der Waals surface area contributed by atoms with Crippen LogP contribution in [-0.4, -0.2) is 22.6 Å². The van der Waals surface area contributed by atoms with E-state index >= 15 is 0 Å². The van der Waals surface area contributed by atoms with Crippen LogP contribution in [0.1, 0.15) is 44.2 Å². The van der Waals surface area contributed by atoms with Crippen LogP contribution in [0.5, 0.6) is 0 Å². The van der Waals surface area contributed by atoms with E-state index in [1.165, 1.54) is 36.6 Å². The Kier molecular flexibility index (Phi) is 5.69. The van der Waals surface area contributed by atoms with Gasteiger partial charge in [-0.1, -0.05) is 31.0 Å². The summed E-state index contributed by atoms with van der Waals surface area (Å²) in [6, 6.07) is 11.1. The fourth-order valence-corrected chi connectivity index (χ4v) is 2.59. The minimum absolute atomic E-state index is 0.495. The zero-order chi connectivity index (χ0) is 15.1. The monoisotopic (exact) mass is 286 g/mol. The molecule has 4 heteroatoms. The number of pyridine rings is 1. The largest absolute Gasteiger partial charge is 0.481 e. The third kappa shape index (κ3) is 4.83. The van der Waals surface area contributed by atoms with Crippen LogP contribution in [-0.2, 0) is 4.79 Å². The second-order valence-electron chi connectivity index (χ2n) is 5.34. The highest BCUT2D eigenvalue weighted by atomic mass is 16.4. The Hall–Kier alpha value is -1.94. The zero-order valence-electron chi connectivity index (χ0n) is 12.4. The summed E-state index contributed by atoms with van der Waals surface area (Å²) in [6.07, 6.45) is 7.25. The molecule has 1 saturated heterocycles. The highest BCUT2D eigenvalue weighted by molar-refractivity contribution is 5.78. The lowest BCUT2D eigenvalue weighted by molar-refractivity contribution is -0.134. The second-order valence-corrected chi connectivity index (χ2v) is 5.34. The molecule has 0 saturated carbocycles. The fourth-order valence-electron chi connectivity index (χ4n) is 2.59. The standard InChI is InChI=1S/C15H18N2.C2H4O2/c1-2-7-15(16-9-5-1)13-10-12-6-3-4-8-14(12)17-11-13;1-2(3)4/h3-4,6,8,10-11,15-16H,1-2,5,7,9H2;1H3,(H,3,4). The molecule has 0 bridgehead atoms. The van der Waals surface area contributed by atoms with E-state index in [2.05, 4.69) is 34.6 Å². The number of benzene rings is 1. The lowest BCUT2D eigenvalue weighted by atomic mass is 10.0. The van der Waals surface area contributed by atoms with Crippen molar-refractivity contribution in [1.29, 1.82) is 0 Å². The van der Waals surface area contributed by atoms with E-state index < -0.39 is 5.97 Å². The third-order valence-electron chi connectivity index (χ3n) is 3.57. The van der Waals surface area contributed by atoms with E-state index in [0.717, 1.165) is 19.0 Å². The summed E-state index contributed by atoms with van der Waals surface area (Å²) in [5, 5.41) is 12.3. The van der Waals surface area contributed by atoms with Crippen LogP contribution < -0.4 is 5.32 Å². The first kappa shape index (κ1) is 15.4. The van der Waals surface area contributed by atoms with Crippen molar-refractivity contribution < 1.29 is 9.90 Å². The molecule has 1 fully saturated rings. The number of nitrogens with zero attached hydrogens (tertiary/aromatic N) is 1. The number of aromatic nitrogens is 1. The number of rotatable bonds is 1. The first-order valence-electron chi connectivity index (χ1n) is 7.44. The zero-order valence-corrected chi connectivity index (χ0v) is 12.4. The van der Waals surface area contributed by atoms with Gasteiger partial charge in [-0.25, -0.2) is 0 Å². The molecule has 1 aliphatic rings. The van der Waals surface area contributed by atoms with Gasteiger partial charge in [-0.3, -0.25) is 9.78 Å². The van der Waals surface area contributed by atoms with Crippen molar-refractivity contribution in [3.63, 3.8) is 0 Å². The summed E-state index contributed by atoms with van der Waals surface area (Å²) in [6.45, 7) is 2.22. The molecular weight excluding hydrogens is 264 g/mol. The van der Waals surface area contributed by atoms with Crippen molar-refractivity contribution in [3.8, 4) is 0 Å². The van der Waals surface area contributed by atoms with Crippen LogP contribution in [0.4, 0.5) is 0 Å². The molecule has 4 nitrogen and oxygen atoms in total. The molecule has 2 aromatic rings. The molecule has 0 spiro atoms. The molecular formula is C17H22N2O2. The molecule has 112 valence electrons. The van der Waals surface area contributed by atoms with Crippen LogP contribution >= 0.6 is 0 Å². The third-order valence-corrected chi connectivity index (χ3v) is 3.57. The molecule has 3 rings (SSSR count). The minimum Gasteiger partial charge on any atom is -0.481 e. The van der Waals surface area contributed by atoms with Crippen LogP contribution in [0.2, 0.25) is 0 Å². The molecule has 0 amide bonds. The first-order valence-corrected chi connectivity index (χ1v) is 7.44. The topological polar surface area (TPSA) is 62.2 Å². The average molecular weight is 286 g/mol. The predicted octanol–water partition coefficient (Wildman–Crippen LogP) is 3.53. The Bertz CT molecular complexity index is 586. The SMILES string of the molecule is CC(=O)O.c1ccc2ncc(C3CCCCCN3)cc2c1. The van der Waals surface area contributed by atoms with E-state index in [1.54, 1.807) is 0 Å². The number of nitrogens with one attached hydrogen (secondary N) is 1. The quantitative estimate of drug-likeness (QED) is 0.842. The van der Waals surface area contributed by atoms with Crippen molar-refractivity contribution in [3.05, 3.63) is 42.1 Å². The summed E-state index contributed by atoms with van der Waals surface area (Å²) < 4.78 is 0. The number of carboxylic acids is 1. The van der Waals surface area contributed by atoms with Crippen LogP contribution in [0.25, 0.3) is 10.9 Å². The minimum atomic E-state index is -0.833. The maximum Gasteiger partial charge on any atom is 0.300 e. The Morgan fingerprint density at radius 3 is 2.86 bits per heavy atom. The van der Waals surface area contributed by atoms with Crippen molar-refractivity contribution in [2.75, 3.05) is 6.54 Å². The number of para-hydroxylation sites is 1. The number of carbonyl (C=O) groups is 1. The van der Waals surface area contributed by atoms with Gasteiger partial charge in [-0.05, 0) is 37.1 Å². The molecule has 0 aliphatic carbocycles. The number of hydrogen-bond donors (Lipinski definition) is 2. The lowest BCUT2D eigenvalue weighted by Gasteiger charge is -2.16. The Morgan fingerprint density at radius 2 is 2.05 bits per heavy atom. The van der Waals surface area contributed by atoms with E-state index in [9.17, 15) is 0 Å². The van der Waals surface area contributed by atoms with Gasteiger partial charge in [-0.15, -0.1) is 0 Å². The predicted molar refractivity (Wildman–Crippen MR) is 84.3 cm³/mol. The Morgan fingerprint density at radius 1 is 1.29 bits per heavy atom. The summed E-state index contributed by atoms with van der Waals surface area (Å²) in [5.74, 6) is -0.833. The van der Waals surface area contributed by atoms with Gasteiger partial charge in [0, 0.05) is 24.5 Å². The van der Waals surface area contributed by atoms with E-state index in [4.69, 9.17) is 9.90 Å². The number of hydrogen-bond acceptors (Lipinski definition) is 3. The summed E-state index contributed by atoms with van der Waals surface area (Å²) in [7, 11) is 0. The van der Waals surface area contributed by atoms with Gasteiger partial charge < -0.3 is 10.4 Å². The van der Waals surface area contributed by atoms with Crippen molar-refractivity contribution in [2.24, 2.45) is 0 Å². The van der Waals surface area contributed by atoms with E-state index in [1.807, 2.05) is 12.3 Å². The fraction of sp³-hybridized carbons (Fsp3) is 0.412. The van der Waals surface area contributed by atoms with Gasteiger partial charge in [0.2, 0.25) is 0 Å². The lowest BCUT2D eigenvalue weighted by Crippen LogP contribution is -2.20. The maximum atomic E-state index is 9.00. The van der Waals surface area contributed by atoms with E-state index in [-0.39, 0.29) is 0 Å². The number of fused-ring (bicyclic) bond motifs is 1. The van der Waals surface area contributed by atoms with Gasteiger partial charge in [0.25, 0.3) is 5.97 Å². The summed E-state index contributed by atoms with van der Waals surface area (Å²) >= 11 is 0. The van der Waals surface area contributed by atoms with Gasteiger partial charge >= 0.3 is 0 Å². The van der Waals surface area contributed by atoms with Gasteiger partial charge in [0.05, 0.1) is 5.52 Å². The molecule has 1 aromatic heterocycles. The molecule has 2 N–H and O–H groups in total. The second kappa shape index (κ2) is 7.74. The Balaban J connectivity index is 0.000000361. The Labute approximate surface area is 125 Å². The maximum absolute atomic E-state index is 9.00. The van der Waals surface area contributed by atoms with Crippen LogP contribution in [0, 0.1) is 0 Å². The molecule has 1 atom stereocenters. The highest BCUT2D eigenvalue weighted by Crippen LogP contribution is 2.24. The van der Waals surface area contributed by atoms with Gasteiger partial charge in [0.15, 0.2) is 0 Å². The van der Waals surface area contributed by atoms with Crippen LogP contribution in [0.15, 0.2) is 36.5 Å². The summed E-state index contributed by atoms with van der Waals surface area (Å²) in [5.41, 5.74) is 2.43.